The number of amides is 1. The second-order valence-electron chi connectivity index (χ2n) is 6.87. The molecule has 5 heteroatoms. The molecule has 0 atom stereocenters. The quantitative estimate of drug-likeness (QED) is 0.803. The molecular formula is C20H28N4O. The zero-order chi connectivity index (χ0) is 17.6. The zero-order valence-electron chi connectivity index (χ0n) is 15.3. The number of anilines is 1. The van der Waals surface area contributed by atoms with E-state index < -0.39 is 0 Å². The van der Waals surface area contributed by atoms with Gasteiger partial charge in [0, 0.05) is 38.1 Å². The zero-order valence-corrected chi connectivity index (χ0v) is 15.3. The Morgan fingerprint density at radius 2 is 2.12 bits per heavy atom. The third kappa shape index (κ3) is 4.69. The maximum Gasteiger partial charge on any atom is 0.225 e. The molecule has 5 nitrogen and oxygen atoms in total. The van der Waals surface area contributed by atoms with Crippen LogP contribution in [0.3, 0.4) is 0 Å². The van der Waals surface area contributed by atoms with Gasteiger partial charge in [-0.1, -0.05) is 13.0 Å². The molecule has 25 heavy (non-hydrogen) atoms. The van der Waals surface area contributed by atoms with E-state index in [1.54, 1.807) is 0 Å². The van der Waals surface area contributed by atoms with Crippen LogP contribution in [0.25, 0.3) is 0 Å². The number of hydrogen-bond donors (Lipinski definition) is 1. The van der Waals surface area contributed by atoms with Crippen molar-refractivity contribution in [3.63, 3.8) is 0 Å². The first-order valence-corrected chi connectivity index (χ1v) is 9.26. The minimum Gasteiger partial charge on any atom is -0.337 e. The van der Waals surface area contributed by atoms with Crippen LogP contribution in [0.4, 0.5) is 5.69 Å². The van der Waals surface area contributed by atoms with Crippen molar-refractivity contribution in [1.29, 1.82) is 0 Å². The van der Waals surface area contributed by atoms with Crippen molar-refractivity contribution in [2.75, 3.05) is 18.4 Å². The molecule has 1 heterocycles. The molecule has 3 rings (SSSR count). The predicted octanol–water partition coefficient (Wildman–Crippen LogP) is 3.15. The Balaban J connectivity index is 1.51. The Hall–Kier alpha value is -2.14. The van der Waals surface area contributed by atoms with E-state index in [-0.39, 0.29) is 5.91 Å². The van der Waals surface area contributed by atoms with Gasteiger partial charge in [0.2, 0.25) is 5.91 Å². The summed E-state index contributed by atoms with van der Waals surface area (Å²) in [6.07, 6.45) is 8.88. The van der Waals surface area contributed by atoms with E-state index in [4.69, 9.17) is 0 Å². The molecule has 0 unspecified atom stereocenters. The van der Waals surface area contributed by atoms with Crippen molar-refractivity contribution in [3.05, 3.63) is 47.5 Å². The van der Waals surface area contributed by atoms with Crippen LogP contribution in [-0.2, 0) is 31.2 Å². The molecule has 1 aromatic heterocycles. The molecular weight excluding hydrogens is 312 g/mol. The van der Waals surface area contributed by atoms with Crippen molar-refractivity contribution in [2.45, 2.75) is 45.6 Å². The average Bonchev–Trinajstić information content (AvgIpc) is 3.21. The fraction of sp³-hybridized carbons (Fsp3) is 0.500. The number of fused-ring (bicyclic) bond motifs is 1. The molecule has 0 bridgehead atoms. The van der Waals surface area contributed by atoms with Gasteiger partial charge in [0.15, 0.2) is 0 Å². The highest BCUT2D eigenvalue weighted by atomic mass is 16.1. The van der Waals surface area contributed by atoms with E-state index in [0.717, 1.165) is 44.0 Å². The van der Waals surface area contributed by atoms with Crippen LogP contribution >= 0.6 is 0 Å². The number of rotatable bonds is 8. The molecule has 0 aliphatic heterocycles. The van der Waals surface area contributed by atoms with E-state index in [9.17, 15) is 4.79 Å². The molecule has 0 fully saturated rings. The van der Waals surface area contributed by atoms with Gasteiger partial charge in [0.25, 0.3) is 0 Å². The third-order valence-electron chi connectivity index (χ3n) is 4.86. The molecule has 0 saturated heterocycles. The van der Waals surface area contributed by atoms with Gasteiger partial charge < -0.3 is 9.88 Å². The number of aryl methyl sites for hydroxylation is 3. The Bertz CT molecular complexity index is 722. The van der Waals surface area contributed by atoms with E-state index >= 15 is 0 Å². The Labute approximate surface area is 150 Å². The van der Waals surface area contributed by atoms with Crippen molar-refractivity contribution in [3.8, 4) is 0 Å². The van der Waals surface area contributed by atoms with Gasteiger partial charge in [0.1, 0.15) is 5.82 Å². The van der Waals surface area contributed by atoms with E-state index in [1.807, 2.05) is 30.1 Å². The van der Waals surface area contributed by atoms with Gasteiger partial charge in [-0.15, -0.1) is 0 Å². The van der Waals surface area contributed by atoms with Gasteiger partial charge >= 0.3 is 0 Å². The number of carbonyl (C=O) groups is 1. The van der Waals surface area contributed by atoms with Gasteiger partial charge in [-0.25, -0.2) is 4.98 Å². The van der Waals surface area contributed by atoms with Crippen LogP contribution in [0.5, 0.6) is 0 Å². The van der Waals surface area contributed by atoms with E-state index in [0.29, 0.717) is 6.42 Å². The topological polar surface area (TPSA) is 50.2 Å². The second-order valence-corrected chi connectivity index (χ2v) is 6.87. The largest absolute Gasteiger partial charge is 0.337 e. The lowest BCUT2D eigenvalue weighted by molar-refractivity contribution is -0.116. The lowest BCUT2D eigenvalue weighted by Gasteiger charge is -2.21. The third-order valence-corrected chi connectivity index (χ3v) is 4.86. The van der Waals surface area contributed by atoms with Crippen LogP contribution in [0, 0.1) is 0 Å². The average molecular weight is 340 g/mol. The molecule has 0 spiro atoms. The second kappa shape index (κ2) is 8.30. The highest BCUT2D eigenvalue weighted by Crippen LogP contribution is 2.24. The number of benzene rings is 1. The number of nitrogens with one attached hydrogen (secondary N) is 1. The fourth-order valence-electron chi connectivity index (χ4n) is 3.47. The normalized spacial score (nSPS) is 13.2. The minimum atomic E-state index is 0.0823. The van der Waals surface area contributed by atoms with E-state index in [1.165, 1.54) is 24.0 Å². The number of imidazole rings is 1. The summed E-state index contributed by atoms with van der Waals surface area (Å²) >= 11 is 0. The molecule has 1 aliphatic rings. The number of aromatic nitrogens is 2. The summed E-state index contributed by atoms with van der Waals surface area (Å²) in [5.74, 6) is 1.12. The van der Waals surface area contributed by atoms with Gasteiger partial charge in [-0.2, -0.15) is 0 Å². The molecule has 1 N–H and O–H groups in total. The minimum absolute atomic E-state index is 0.0823. The lowest BCUT2D eigenvalue weighted by atomic mass is 10.1. The van der Waals surface area contributed by atoms with Crippen molar-refractivity contribution in [1.82, 2.24) is 14.5 Å². The summed E-state index contributed by atoms with van der Waals surface area (Å²) < 4.78 is 2.03. The number of carbonyl (C=O) groups excluding carboxylic acids is 1. The van der Waals surface area contributed by atoms with Crippen LogP contribution in [0.2, 0.25) is 0 Å². The summed E-state index contributed by atoms with van der Waals surface area (Å²) in [7, 11) is 2.01. The smallest absolute Gasteiger partial charge is 0.225 e. The summed E-state index contributed by atoms with van der Waals surface area (Å²) in [5.41, 5.74) is 3.75. The summed E-state index contributed by atoms with van der Waals surface area (Å²) in [6, 6.07) is 6.32. The van der Waals surface area contributed by atoms with Crippen LogP contribution in [0.1, 0.15) is 43.1 Å². The monoisotopic (exact) mass is 340 g/mol. The van der Waals surface area contributed by atoms with Crippen LogP contribution < -0.4 is 5.32 Å². The first-order chi connectivity index (χ1) is 12.2. The van der Waals surface area contributed by atoms with Crippen LogP contribution in [0.15, 0.2) is 30.6 Å². The molecule has 0 radical (unpaired) electrons. The molecule has 1 amide bonds. The first kappa shape index (κ1) is 17.7. The first-order valence-electron chi connectivity index (χ1n) is 9.26. The highest BCUT2D eigenvalue weighted by Gasteiger charge is 2.13. The highest BCUT2D eigenvalue weighted by molar-refractivity contribution is 5.91. The summed E-state index contributed by atoms with van der Waals surface area (Å²) in [4.78, 5) is 19.0. The predicted molar refractivity (Wildman–Crippen MR) is 100 cm³/mol. The maximum absolute atomic E-state index is 12.3. The Morgan fingerprint density at radius 1 is 1.28 bits per heavy atom. The standard InChI is InChI=1S/C20H28N4O/c1-3-11-24(15-19-21-10-13-23(19)2)12-9-20(25)22-18-8-7-16-5-4-6-17(16)14-18/h7-8,10,13-14H,3-6,9,11-12,15H2,1-2H3,(H,22,25). The lowest BCUT2D eigenvalue weighted by Crippen LogP contribution is -2.29. The molecule has 2 aromatic rings. The molecule has 134 valence electrons. The van der Waals surface area contributed by atoms with Gasteiger partial charge in [-0.3, -0.25) is 9.69 Å². The van der Waals surface area contributed by atoms with E-state index in [2.05, 4.69) is 34.3 Å². The van der Waals surface area contributed by atoms with Gasteiger partial charge in [-0.05, 0) is 55.5 Å². The Morgan fingerprint density at radius 3 is 2.88 bits per heavy atom. The molecule has 0 saturated carbocycles. The fourth-order valence-corrected chi connectivity index (χ4v) is 3.47. The SMILES string of the molecule is CCCN(CCC(=O)Nc1ccc2c(c1)CCC2)Cc1nccn1C. The summed E-state index contributed by atoms with van der Waals surface area (Å²) in [6.45, 7) is 4.66. The van der Waals surface area contributed by atoms with Crippen molar-refractivity contribution >= 4 is 11.6 Å². The maximum atomic E-state index is 12.3. The van der Waals surface area contributed by atoms with Gasteiger partial charge in [0.05, 0.1) is 6.54 Å². The molecule has 1 aromatic carbocycles. The summed E-state index contributed by atoms with van der Waals surface area (Å²) in [5, 5.41) is 3.05. The Kier molecular flexibility index (Phi) is 5.87. The number of hydrogen-bond acceptors (Lipinski definition) is 3. The van der Waals surface area contributed by atoms with Crippen LogP contribution in [-0.4, -0.2) is 33.4 Å². The number of nitrogens with zero attached hydrogens (tertiary/aromatic N) is 3. The van der Waals surface area contributed by atoms with Crippen molar-refractivity contribution in [2.24, 2.45) is 7.05 Å². The van der Waals surface area contributed by atoms with Crippen molar-refractivity contribution < 1.29 is 4.79 Å². The molecule has 1 aliphatic carbocycles.